The molecule has 2 fully saturated rings. The van der Waals surface area contributed by atoms with Crippen molar-refractivity contribution in [2.24, 2.45) is 0 Å². The first-order valence-corrected chi connectivity index (χ1v) is 29.2. The predicted octanol–water partition coefficient (Wildman–Crippen LogP) is -4.68. The molecule has 9 unspecified atom stereocenters. The Balaban J connectivity index is 0.000000354. The van der Waals surface area contributed by atoms with Gasteiger partial charge in [-0.3, -0.25) is 0 Å². The molecule has 0 amide bonds. The molecule has 0 saturated carbocycles. The summed E-state index contributed by atoms with van der Waals surface area (Å²) in [4.78, 5) is 21.6. The van der Waals surface area contributed by atoms with Gasteiger partial charge in [0.15, 0.2) is 35.6 Å². The summed E-state index contributed by atoms with van der Waals surface area (Å²) >= 11 is 0. The number of carbonyl (C=O) groups is 2. The van der Waals surface area contributed by atoms with Gasteiger partial charge >= 0.3 is 59.1 Å². The van der Waals surface area contributed by atoms with Gasteiger partial charge in [-0.1, -0.05) is 60.6 Å². The van der Waals surface area contributed by atoms with Crippen LogP contribution in [-0.2, 0) is 57.0 Å². The van der Waals surface area contributed by atoms with Gasteiger partial charge in [-0.15, -0.1) is 0 Å². The third-order valence-corrected chi connectivity index (χ3v) is 16.5. The largest absolute Gasteiger partial charge is 1.00 e. The Morgan fingerprint density at radius 1 is 0.511 bits per heavy atom. The second kappa shape index (κ2) is 33.2. The van der Waals surface area contributed by atoms with Crippen LogP contribution in [0.4, 0.5) is 0 Å². The molecule has 4 bridgehead atoms. The van der Waals surface area contributed by atoms with Crippen LogP contribution in [0.3, 0.4) is 0 Å². The molecule has 11 N–H and O–H groups in total. The van der Waals surface area contributed by atoms with Gasteiger partial charge in [-0.25, -0.2) is 0 Å². The number of aliphatic hydroxyl groups is 7. The van der Waals surface area contributed by atoms with E-state index in [1.807, 2.05) is 61.5 Å². The molecule has 492 valence electrons. The summed E-state index contributed by atoms with van der Waals surface area (Å²) in [5.41, 5.74) is 2.48. The summed E-state index contributed by atoms with van der Waals surface area (Å²) in [5.74, 6) is -5.33. The van der Waals surface area contributed by atoms with Gasteiger partial charge in [0.25, 0.3) is 0 Å². The van der Waals surface area contributed by atoms with E-state index in [0.29, 0.717) is 57.0 Å². The molecule has 29 heteroatoms. The molecule has 9 rings (SSSR count). The van der Waals surface area contributed by atoms with Crippen LogP contribution in [0, 0.1) is 13.8 Å². The predicted molar refractivity (Wildman–Crippen MR) is 304 cm³/mol. The van der Waals surface area contributed by atoms with Crippen molar-refractivity contribution in [1.29, 1.82) is 0 Å². The molecule has 5 heterocycles. The van der Waals surface area contributed by atoms with Crippen molar-refractivity contribution in [2.45, 2.75) is 198 Å². The average molecular weight is 1300 g/mol. The standard InChI is InChI=1S/C41H48O15.C11H20O7.C9H18O5.2Na/c1-9-20-40-53-36-25(16(6)10-18-23(14(2)3)31(44)33(46)29(27(18)36)38(48)55-40)26-17(7)11-19-24(15(4)5)32(45)34(47)30-28(19)37(26)54-41(56-39(30)49)35(50-8)21(52-20)12-51-13-22(42)43;1-3-6-9(14)10(15)11(16-2)7(18-6)4-17-5-8(12)13;1-3-5-7(11)8(12)9(13-2)6(4-10)14-5;;/h10-11,14-15,20-21,35,38-41,44-49H,9,12-13H2,1-8H3,(H,42,43);6-7,9-11,14-15H,3-5H2,1-2H3,(H,12,13);5-12H,3-4H2,1-2H3;;/q;;;2*+1/p-2/t20-,21?,35+,38?,39?,40?,41?;6-,7?,9?,10-,11+;5-,6?,7?,8-,9+;;/m000../s1. The number of rotatable bonds is 17. The van der Waals surface area contributed by atoms with Crippen LogP contribution in [-0.4, -0.2) is 214 Å². The number of fused-ring (bicyclic) bond motifs is 3. The number of carboxylic acid groups (broad SMARTS) is 2. The van der Waals surface area contributed by atoms with Crippen LogP contribution < -0.4 is 78.8 Å². The Hall–Kier alpha value is -3.54. The number of phenolic OH excluding ortho intramolecular Hbond substituents is 4. The molecule has 2 saturated heterocycles. The maximum absolute atomic E-state index is 11.8. The number of benzene rings is 4. The fraction of sp³-hybridized carbons (Fsp3) is 0.639. The number of carboxylic acids is 2. The van der Waals surface area contributed by atoms with Crippen molar-refractivity contribution in [3.63, 3.8) is 0 Å². The molecular weight excluding hydrogens is 1210 g/mol. The SMILES string of the molecule is CC[C@@H]1OC(CO)[C@@H](OC)[C@@H](O)C1O.CC[C@@H]1OC(COCC(=O)[O-])[C@@H](OC)C2Oc3c(c(C)cc4c(C(C)C)c(O)c(O)c(c34)C(O)O2)-c2c(C)cc3c(C(C)C)c(O)c(O)c4c3c2OC1OC4O.CC[C@@H]1OC(COCC(=O)[O-])[C@@H](OC)[C@@H](O)C1O.[Na+].[Na+]. The van der Waals surface area contributed by atoms with E-state index in [-0.39, 0.29) is 124 Å². The number of hydrogen-bond acceptors (Lipinski definition) is 27. The molecule has 0 radical (unpaired) electrons. The maximum atomic E-state index is 11.8. The van der Waals surface area contributed by atoms with Crippen molar-refractivity contribution < 1.29 is 192 Å². The monoisotopic (exact) mass is 1290 g/mol. The summed E-state index contributed by atoms with van der Waals surface area (Å²) in [7, 11) is 4.12. The van der Waals surface area contributed by atoms with Crippen LogP contribution >= 0.6 is 0 Å². The molecule has 5 aliphatic heterocycles. The minimum atomic E-state index is -1.90. The van der Waals surface area contributed by atoms with E-state index in [0.717, 1.165) is 0 Å². The number of phenols is 4. The number of aromatic hydroxyl groups is 4. The smallest absolute Gasteiger partial charge is 0.548 e. The van der Waals surface area contributed by atoms with Crippen LogP contribution in [0.15, 0.2) is 12.1 Å². The second-order valence-corrected chi connectivity index (χ2v) is 22.8. The Labute approximate surface area is 565 Å². The molecule has 5 aliphatic rings. The van der Waals surface area contributed by atoms with Crippen LogP contribution in [0.2, 0.25) is 0 Å². The van der Waals surface area contributed by atoms with E-state index in [1.165, 1.54) is 21.3 Å². The Kier molecular flexibility index (Phi) is 28.5. The van der Waals surface area contributed by atoms with Crippen LogP contribution in [0.1, 0.15) is 126 Å². The van der Waals surface area contributed by atoms with Crippen molar-refractivity contribution in [3.8, 4) is 45.6 Å². The molecule has 17 atom stereocenters. The summed E-state index contributed by atoms with van der Waals surface area (Å²) < 4.78 is 69.7. The van der Waals surface area contributed by atoms with Crippen molar-refractivity contribution >= 4 is 33.5 Å². The zero-order chi connectivity index (χ0) is 65.1. The van der Waals surface area contributed by atoms with Gasteiger partial charge in [-0.2, -0.15) is 0 Å². The number of aliphatic hydroxyl groups excluding tert-OH is 7. The molecule has 27 nitrogen and oxygen atoms in total. The molecule has 4 aromatic carbocycles. The van der Waals surface area contributed by atoms with E-state index in [4.69, 9.17) is 61.9 Å². The summed E-state index contributed by atoms with van der Waals surface area (Å²) in [6.45, 7) is 14.4. The van der Waals surface area contributed by atoms with E-state index in [2.05, 4.69) is 0 Å². The number of aryl methyl sites for hydroxylation is 2. The van der Waals surface area contributed by atoms with Gasteiger partial charge in [0, 0.05) is 54.4 Å². The number of hydrogen-bond donors (Lipinski definition) is 11. The fourth-order valence-corrected chi connectivity index (χ4v) is 12.3. The van der Waals surface area contributed by atoms with E-state index in [1.54, 1.807) is 13.0 Å². The average Bonchev–Trinajstić information content (AvgIpc) is 1.23. The first-order chi connectivity index (χ1) is 41.7. The normalized spacial score (nSPS) is 29.4. The summed E-state index contributed by atoms with van der Waals surface area (Å²) in [6, 6.07) is 3.62. The van der Waals surface area contributed by atoms with Gasteiger partial charge < -0.3 is 133 Å². The van der Waals surface area contributed by atoms with Gasteiger partial charge in [0.2, 0.25) is 12.6 Å². The first kappa shape index (κ1) is 77.2. The maximum Gasteiger partial charge on any atom is 1.00 e. The first-order valence-electron chi connectivity index (χ1n) is 29.2. The third-order valence-electron chi connectivity index (χ3n) is 16.5. The molecule has 0 spiro atoms. The number of carbonyl (C=O) groups excluding carboxylic acids is 2. The zero-order valence-electron chi connectivity index (χ0n) is 53.2. The fourth-order valence-electron chi connectivity index (χ4n) is 12.3. The quantitative estimate of drug-likeness (QED) is 0.0350. The third kappa shape index (κ3) is 15.6. The molecular formula is C61H84Na2O27. The molecule has 0 aliphatic carbocycles. The van der Waals surface area contributed by atoms with E-state index < -0.39 is 159 Å². The molecule has 4 aromatic rings. The summed E-state index contributed by atoms with van der Waals surface area (Å²) in [5, 5.41) is 141. The Morgan fingerprint density at radius 2 is 0.867 bits per heavy atom. The van der Waals surface area contributed by atoms with Crippen LogP contribution in [0.25, 0.3) is 32.7 Å². The molecule has 90 heavy (non-hydrogen) atoms. The topological polar surface area (TPSA) is 414 Å². The van der Waals surface area contributed by atoms with E-state index >= 15 is 0 Å². The van der Waals surface area contributed by atoms with Crippen molar-refractivity contribution in [1.82, 2.24) is 0 Å². The number of aliphatic carboxylic acids is 2. The zero-order valence-corrected chi connectivity index (χ0v) is 57.2. The van der Waals surface area contributed by atoms with Gasteiger partial charge in [0.1, 0.15) is 78.6 Å². The summed E-state index contributed by atoms with van der Waals surface area (Å²) in [6.07, 6.45) is -16.6. The minimum absolute atomic E-state index is 0. The Bertz CT molecular complexity index is 3090. The van der Waals surface area contributed by atoms with Gasteiger partial charge in [0.05, 0.1) is 68.3 Å². The van der Waals surface area contributed by atoms with E-state index in [9.17, 15) is 70.9 Å². The number of methoxy groups -OCH3 is 3. The number of ether oxygens (including phenoxy) is 12. The van der Waals surface area contributed by atoms with Crippen molar-refractivity contribution in [2.75, 3.05) is 54.4 Å². The molecule has 0 aromatic heterocycles. The Morgan fingerprint density at radius 3 is 1.23 bits per heavy atom. The second-order valence-electron chi connectivity index (χ2n) is 22.8. The van der Waals surface area contributed by atoms with Gasteiger partial charge in [-0.05, 0) is 66.8 Å². The minimum Gasteiger partial charge on any atom is -0.548 e. The van der Waals surface area contributed by atoms with Crippen molar-refractivity contribution in [3.05, 3.63) is 45.5 Å². The van der Waals surface area contributed by atoms with Crippen LogP contribution in [0.5, 0.6) is 34.5 Å².